The number of methoxy groups -OCH3 is 3. The molecule has 0 spiro atoms. The van der Waals surface area contributed by atoms with Gasteiger partial charge in [0.25, 0.3) is 10.0 Å². The normalized spacial score (nSPS) is 11.1. The predicted molar refractivity (Wildman–Crippen MR) is 127 cm³/mol. The molecule has 3 aromatic rings. The van der Waals surface area contributed by atoms with E-state index in [1.807, 2.05) is 0 Å². The molecule has 0 radical (unpaired) electrons. The van der Waals surface area contributed by atoms with Crippen molar-refractivity contribution in [1.29, 1.82) is 0 Å². The maximum atomic E-state index is 12.7. The number of carbonyl (C=O) groups excluding carboxylic acids is 1. The minimum atomic E-state index is -3.81. The molecule has 0 saturated carbocycles. The number of amides is 1. The first-order valence-electron chi connectivity index (χ1n) is 9.83. The molecule has 0 atom stereocenters. The van der Waals surface area contributed by atoms with E-state index in [4.69, 9.17) is 14.2 Å². The number of anilines is 2. The fourth-order valence-electron chi connectivity index (χ4n) is 2.94. The van der Waals surface area contributed by atoms with Gasteiger partial charge in [0.1, 0.15) is 17.2 Å². The molecule has 0 fully saturated rings. The summed E-state index contributed by atoms with van der Waals surface area (Å²) in [5, 5.41) is 2.73. The highest BCUT2D eigenvalue weighted by molar-refractivity contribution is 7.92. The Balaban J connectivity index is 1.68. The van der Waals surface area contributed by atoms with Gasteiger partial charge in [0.15, 0.2) is 0 Å². The average Bonchev–Trinajstić information content (AvgIpc) is 2.83. The minimum absolute atomic E-state index is 0.0815. The van der Waals surface area contributed by atoms with E-state index in [1.54, 1.807) is 67.8 Å². The first-order chi connectivity index (χ1) is 15.9. The lowest BCUT2D eigenvalue weighted by Gasteiger charge is -2.11. The minimum Gasteiger partial charge on any atom is -0.497 e. The highest BCUT2D eigenvalue weighted by Crippen LogP contribution is 2.29. The molecule has 0 saturated heterocycles. The van der Waals surface area contributed by atoms with Gasteiger partial charge in [-0.25, -0.2) is 8.42 Å². The van der Waals surface area contributed by atoms with Crippen LogP contribution in [0.3, 0.4) is 0 Å². The lowest BCUT2D eigenvalue weighted by molar-refractivity contribution is -0.111. The Kier molecular flexibility index (Phi) is 7.57. The Hall–Kier alpha value is -3.98. The van der Waals surface area contributed by atoms with Gasteiger partial charge >= 0.3 is 0 Å². The molecule has 8 nitrogen and oxygen atoms in total. The molecule has 0 heterocycles. The average molecular weight is 469 g/mol. The molecule has 3 rings (SSSR count). The van der Waals surface area contributed by atoms with Crippen molar-refractivity contribution in [3.63, 3.8) is 0 Å². The molecule has 0 bridgehead atoms. The number of hydrogen-bond donors (Lipinski definition) is 2. The van der Waals surface area contributed by atoms with Crippen LogP contribution >= 0.6 is 0 Å². The Morgan fingerprint density at radius 1 is 0.818 bits per heavy atom. The van der Waals surface area contributed by atoms with Crippen LogP contribution in [-0.4, -0.2) is 35.7 Å². The SMILES string of the molecule is COc1ccc(NC(=O)/C=C/c2ccc(S(=O)(=O)Nc3ccccc3OC)cc2)c(OC)c1. The fourth-order valence-corrected chi connectivity index (χ4v) is 4.01. The second-order valence-electron chi connectivity index (χ2n) is 6.76. The third-order valence-electron chi connectivity index (χ3n) is 4.64. The van der Waals surface area contributed by atoms with Gasteiger partial charge in [-0.1, -0.05) is 24.3 Å². The highest BCUT2D eigenvalue weighted by atomic mass is 32.2. The molecular weight excluding hydrogens is 444 g/mol. The van der Waals surface area contributed by atoms with Gasteiger partial charge < -0.3 is 19.5 Å². The van der Waals surface area contributed by atoms with Gasteiger partial charge in [-0.05, 0) is 48.0 Å². The van der Waals surface area contributed by atoms with Crippen molar-refractivity contribution < 1.29 is 27.4 Å². The van der Waals surface area contributed by atoms with Crippen LogP contribution in [0.2, 0.25) is 0 Å². The van der Waals surface area contributed by atoms with Gasteiger partial charge in [-0.3, -0.25) is 9.52 Å². The largest absolute Gasteiger partial charge is 0.497 e. The zero-order chi connectivity index (χ0) is 23.8. The summed E-state index contributed by atoms with van der Waals surface area (Å²) >= 11 is 0. The zero-order valence-electron chi connectivity index (χ0n) is 18.4. The Morgan fingerprint density at radius 2 is 1.52 bits per heavy atom. The topological polar surface area (TPSA) is 103 Å². The van der Waals surface area contributed by atoms with Gasteiger partial charge in [-0.2, -0.15) is 0 Å². The maximum Gasteiger partial charge on any atom is 0.262 e. The number of rotatable bonds is 9. The molecule has 0 aliphatic rings. The van der Waals surface area contributed by atoms with Crippen molar-refractivity contribution in [2.24, 2.45) is 0 Å². The van der Waals surface area contributed by atoms with Gasteiger partial charge in [0.2, 0.25) is 5.91 Å². The van der Waals surface area contributed by atoms with Gasteiger partial charge in [0, 0.05) is 12.1 Å². The van der Waals surface area contributed by atoms with Crippen LogP contribution in [-0.2, 0) is 14.8 Å². The predicted octanol–water partition coefficient (Wildman–Crippen LogP) is 4.17. The Labute approximate surface area is 192 Å². The van der Waals surface area contributed by atoms with Crippen molar-refractivity contribution in [3.05, 3.63) is 78.4 Å². The molecule has 1 amide bonds. The first kappa shape index (κ1) is 23.7. The lowest BCUT2D eigenvalue weighted by atomic mass is 10.2. The monoisotopic (exact) mass is 468 g/mol. The number of hydrogen-bond acceptors (Lipinski definition) is 6. The van der Waals surface area contributed by atoms with Gasteiger partial charge in [0.05, 0.1) is 37.6 Å². The molecular formula is C24H24N2O6S. The summed E-state index contributed by atoms with van der Waals surface area (Å²) in [6.45, 7) is 0. The summed E-state index contributed by atoms with van der Waals surface area (Å²) in [5.41, 5.74) is 1.49. The number of ether oxygens (including phenoxy) is 3. The summed E-state index contributed by atoms with van der Waals surface area (Å²) in [5.74, 6) is 1.12. The Bertz CT molecular complexity index is 1250. The third-order valence-corrected chi connectivity index (χ3v) is 6.02. The van der Waals surface area contributed by atoms with E-state index in [-0.39, 0.29) is 10.8 Å². The summed E-state index contributed by atoms with van der Waals surface area (Å²) < 4.78 is 43.5. The number of benzene rings is 3. The van der Waals surface area contributed by atoms with E-state index in [2.05, 4.69) is 10.0 Å². The summed E-state index contributed by atoms with van der Waals surface area (Å²) in [6.07, 6.45) is 2.93. The van der Waals surface area contributed by atoms with Crippen LogP contribution in [0.15, 0.2) is 77.7 Å². The molecule has 3 aromatic carbocycles. The second-order valence-corrected chi connectivity index (χ2v) is 8.45. The van der Waals surface area contributed by atoms with Crippen LogP contribution < -0.4 is 24.2 Å². The van der Waals surface area contributed by atoms with Crippen molar-refractivity contribution in [2.45, 2.75) is 4.90 Å². The van der Waals surface area contributed by atoms with E-state index in [9.17, 15) is 13.2 Å². The first-order valence-corrected chi connectivity index (χ1v) is 11.3. The molecule has 172 valence electrons. The number of carbonyl (C=O) groups is 1. The molecule has 2 N–H and O–H groups in total. The van der Waals surface area contributed by atoms with Crippen LogP contribution in [0, 0.1) is 0 Å². The quantitative estimate of drug-likeness (QED) is 0.457. The Morgan fingerprint density at radius 3 is 2.18 bits per heavy atom. The smallest absolute Gasteiger partial charge is 0.262 e. The molecule has 9 heteroatoms. The van der Waals surface area contributed by atoms with Crippen molar-refractivity contribution in [3.8, 4) is 17.2 Å². The van der Waals surface area contributed by atoms with E-state index in [0.29, 0.717) is 34.2 Å². The van der Waals surface area contributed by atoms with Crippen LogP contribution in [0.25, 0.3) is 6.08 Å². The van der Waals surface area contributed by atoms with Crippen LogP contribution in [0.5, 0.6) is 17.2 Å². The van der Waals surface area contributed by atoms with E-state index in [0.717, 1.165) is 0 Å². The van der Waals surface area contributed by atoms with Crippen molar-refractivity contribution >= 4 is 33.4 Å². The second kappa shape index (κ2) is 10.6. The number of para-hydroxylation sites is 2. The summed E-state index contributed by atoms with van der Waals surface area (Å²) in [4.78, 5) is 12.4. The van der Waals surface area contributed by atoms with Crippen molar-refractivity contribution in [1.82, 2.24) is 0 Å². The van der Waals surface area contributed by atoms with E-state index < -0.39 is 10.0 Å². The maximum absolute atomic E-state index is 12.7. The zero-order valence-corrected chi connectivity index (χ0v) is 19.2. The summed E-state index contributed by atoms with van der Waals surface area (Å²) in [7, 11) is 0.703. The molecule has 0 aromatic heterocycles. The van der Waals surface area contributed by atoms with Gasteiger partial charge in [-0.15, -0.1) is 0 Å². The summed E-state index contributed by atoms with van der Waals surface area (Å²) in [6, 6.07) is 17.9. The van der Waals surface area contributed by atoms with Crippen molar-refractivity contribution in [2.75, 3.05) is 31.4 Å². The molecule has 0 unspecified atom stereocenters. The van der Waals surface area contributed by atoms with Crippen LogP contribution in [0.1, 0.15) is 5.56 Å². The number of nitrogens with one attached hydrogen (secondary N) is 2. The molecule has 33 heavy (non-hydrogen) atoms. The highest BCUT2D eigenvalue weighted by Gasteiger charge is 2.16. The third kappa shape index (κ3) is 6.05. The molecule has 0 aliphatic heterocycles. The fraction of sp³-hybridized carbons (Fsp3) is 0.125. The molecule has 0 aliphatic carbocycles. The van der Waals surface area contributed by atoms with E-state index in [1.165, 1.54) is 32.4 Å². The lowest BCUT2D eigenvalue weighted by Crippen LogP contribution is -2.13. The van der Waals surface area contributed by atoms with Crippen LogP contribution in [0.4, 0.5) is 11.4 Å². The van der Waals surface area contributed by atoms with E-state index >= 15 is 0 Å². The standard InChI is InChI=1S/C24H24N2O6S/c1-30-18-11-14-20(23(16-18)32-3)25-24(27)15-10-17-8-12-19(13-9-17)33(28,29)26-21-6-4-5-7-22(21)31-2/h4-16,26H,1-3H3,(H,25,27)/b15-10+. The number of sulfonamides is 1.